The van der Waals surface area contributed by atoms with Crippen molar-refractivity contribution in [1.82, 2.24) is 0 Å². The third-order valence-electron chi connectivity index (χ3n) is 5.68. The van der Waals surface area contributed by atoms with Crippen LogP contribution in [-0.4, -0.2) is 31.0 Å². The molecule has 32 heavy (non-hydrogen) atoms. The van der Waals surface area contributed by atoms with Crippen LogP contribution in [0.15, 0.2) is 64.8 Å². The van der Waals surface area contributed by atoms with E-state index < -0.39 is 17.7 Å². The van der Waals surface area contributed by atoms with Gasteiger partial charge in [0, 0.05) is 17.3 Å². The molecule has 1 aliphatic heterocycles. The summed E-state index contributed by atoms with van der Waals surface area (Å²) in [6, 6.07) is 12.7. The Balaban J connectivity index is 1.92. The number of rotatable bonds is 5. The molecular weight excluding hydrogens is 410 g/mol. The first kappa shape index (κ1) is 21.2. The van der Waals surface area contributed by atoms with Gasteiger partial charge in [-0.1, -0.05) is 12.1 Å². The van der Waals surface area contributed by atoms with Crippen molar-refractivity contribution in [2.75, 3.05) is 19.1 Å². The summed E-state index contributed by atoms with van der Waals surface area (Å²) in [6.45, 7) is 3.87. The van der Waals surface area contributed by atoms with Gasteiger partial charge in [0.2, 0.25) is 0 Å². The third kappa shape index (κ3) is 3.41. The maximum absolute atomic E-state index is 13.2. The first-order valence-electron chi connectivity index (χ1n) is 10.0. The SMILES string of the molecule is COc1ccc(N2C(=O)C(=O)/C(=C(\O)c3ccc(C)c(C)c3)C2c2ccco2)cc1OC. The monoisotopic (exact) mass is 433 g/mol. The molecule has 0 saturated carbocycles. The van der Waals surface area contributed by atoms with Gasteiger partial charge in [0.15, 0.2) is 11.5 Å². The van der Waals surface area contributed by atoms with Crippen molar-refractivity contribution < 1.29 is 28.6 Å². The molecule has 4 rings (SSSR count). The number of methoxy groups -OCH3 is 2. The highest BCUT2D eigenvalue weighted by atomic mass is 16.5. The zero-order valence-electron chi connectivity index (χ0n) is 18.2. The number of aryl methyl sites for hydroxylation is 2. The van der Waals surface area contributed by atoms with E-state index >= 15 is 0 Å². The minimum atomic E-state index is -0.940. The van der Waals surface area contributed by atoms with E-state index in [2.05, 4.69) is 0 Å². The maximum Gasteiger partial charge on any atom is 0.300 e. The van der Waals surface area contributed by atoms with Crippen LogP contribution in [0, 0.1) is 13.8 Å². The summed E-state index contributed by atoms with van der Waals surface area (Å²) in [6.07, 6.45) is 1.46. The van der Waals surface area contributed by atoms with Crippen molar-refractivity contribution in [2.24, 2.45) is 0 Å². The second-order valence-electron chi connectivity index (χ2n) is 7.52. The van der Waals surface area contributed by atoms with Crippen LogP contribution >= 0.6 is 0 Å². The summed E-state index contributed by atoms with van der Waals surface area (Å²) in [5.41, 5.74) is 2.83. The van der Waals surface area contributed by atoms with Gasteiger partial charge in [0.05, 0.1) is 26.1 Å². The second kappa shape index (κ2) is 8.26. The number of benzene rings is 2. The fourth-order valence-electron chi connectivity index (χ4n) is 3.83. The van der Waals surface area contributed by atoms with Gasteiger partial charge in [0.25, 0.3) is 11.7 Å². The van der Waals surface area contributed by atoms with E-state index in [1.54, 1.807) is 42.5 Å². The number of hydrogen-bond donors (Lipinski definition) is 1. The van der Waals surface area contributed by atoms with Crippen molar-refractivity contribution in [3.05, 3.63) is 82.8 Å². The Kier molecular flexibility index (Phi) is 5.48. The Morgan fingerprint density at radius 1 is 0.969 bits per heavy atom. The van der Waals surface area contributed by atoms with Crippen molar-refractivity contribution in [3.63, 3.8) is 0 Å². The van der Waals surface area contributed by atoms with Gasteiger partial charge < -0.3 is 19.0 Å². The highest BCUT2D eigenvalue weighted by molar-refractivity contribution is 6.51. The summed E-state index contributed by atoms with van der Waals surface area (Å²) in [7, 11) is 3.00. The number of carbonyl (C=O) groups excluding carboxylic acids is 2. The standard InChI is InChI=1S/C25H23NO6/c1-14-7-8-16(12-15(14)2)23(27)21-22(19-6-5-11-32-19)26(25(29)24(21)28)17-9-10-18(30-3)20(13-17)31-4/h5-13,22,27H,1-4H3/b23-21-. The molecule has 1 N–H and O–H groups in total. The molecule has 2 aromatic carbocycles. The molecule has 164 valence electrons. The summed E-state index contributed by atoms with van der Waals surface area (Å²) in [5.74, 6) is -0.585. The van der Waals surface area contributed by atoms with Crippen LogP contribution in [0.5, 0.6) is 11.5 Å². The minimum Gasteiger partial charge on any atom is -0.507 e. The molecule has 7 heteroatoms. The molecule has 3 aromatic rings. The zero-order chi connectivity index (χ0) is 23.0. The van der Waals surface area contributed by atoms with Gasteiger partial charge >= 0.3 is 0 Å². The number of nitrogens with zero attached hydrogens (tertiary/aromatic N) is 1. The fourth-order valence-corrected chi connectivity index (χ4v) is 3.83. The van der Waals surface area contributed by atoms with Gasteiger partial charge in [-0.3, -0.25) is 14.5 Å². The van der Waals surface area contributed by atoms with Gasteiger partial charge in [0.1, 0.15) is 17.6 Å². The van der Waals surface area contributed by atoms with Crippen LogP contribution in [0.2, 0.25) is 0 Å². The Labute approximate surface area is 185 Å². The lowest BCUT2D eigenvalue weighted by atomic mass is 9.97. The highest BCUT2D eigenvalue weighted by Gasteiger charge is 2.48. The molecule has 7 nitrogen and oxygen atoms in total. The highest BCUT2D eigenvalue weighted by Crippen LogP contribution is 2.44. The molecule has 0 radical (unpaired) electrons. The molecule has 1 aliphatic rings. The lowest BCUT2D eigenvalue weighted by molar-refractivity contribution is -0.132. The number of Topliss-reactive ketones (excluding diaryl/α,β-unsaturated/α-hetero) is 1. The van der Waals surface area contributed by atoms with E-state index in [0.717, 1.165) is 11.1 Å². The number of carbonyl (C=O) groups is 2. The van der Waals surface area contributed by atoms with Crippen LogP contribution in [0.25, 0.3) is 5.76 Å². The molecule has 1 atom stereocenters. The number of ketones is 1. The first-order chi connectivity index (χ1) is 15.4. The normalized spacial score (nSPS) is 17.6. The number of hydrogen-bond acceptors (Lipinski definition) is 6. The van der Waals surface area contributed by atoms with E-state index in [4.69, 9.17) is 13.9 Å². The molecule has 1 saturated heterocycles. The smallest absolute Gasteiger partial charge is 0.300 e. The first-order valence-corrected chi connectivity index (χ1v) is 10.0. The molecule has 1 aromatic heterocycles. The van der Waals surface area contributed by atoms with Gasteiger partial charge in [-0.15, -0.1) is 0 Å². The Morgan fingerprint density at radius 2 is 1.72 bits per heavy atom. The zero-order valence-corrected chi connectivity index (χ0v) is 18.2. The van der Waals surface area contributed by atoms with Gasteiger partial charge in [-0.2, -0.15) is 0 Å². The van der Waals surface area contributed by atoms with Gasteiger partial charge in [-0.05, 0) is 55.3 Å². The number of anilines is 1. The van der Waals surface area contributed by atoms with Gasteiger partial charge in [-0.25, -0.2) is 0 Å². The number of amides is 1. The number of furan rings is 1. The number of ether oxygens (including phenoxy) is 2. The predicted molar refractivity (Wildman–Crippen MR) is 119 cm³/mol. The van der Waals surface area contributed by atoms with E-state index in [-0.39, 0.29) is 11.3 Å². The maximum atomic E-state index is 13.2. The van der Waals surface area contributed by atoms with Crippen molar-refractivity contribution in [1.29, 1.82) is 0 Å². The second-order valence-corrected chi connectivity index (χ2v) is 7.52. The molecule has 1 unspecified atom stereocenters. The molecule has 0 spiro atoms. The number of aliphatic hydroxyl groups excluding tert-OH is 1. The fraction of sp³-hybridized carbons (Fsp3) is 0.200. The van der Waals surface area contributed by atoms with Crippen LogP contribution in [0.1, 0.15) is 28.5 Å². The summed E-state index contributed by atoms with van der Waals surface area (Å²) >= 11 is 0. The molecule has 1 fully saturated rings. The summed E-state index contributed by atoms with van der Waals surface area (Å²) in [5, 5.41) is 11.1. The topological polar surface area (TPSA) is 89.2 Å². The average Bonchev–Trinajstić information content (AvgIpc) is 3.41. The summed E-state index contributed by atoms with van der Waals surface area (Å²) < 4.78 is 16.2. The van der Waals surface area contributed by atoms with E-state index in [1.807, 2.05) is 19.9 Å². The van der Waals surface area contributed by atoms with Crippen molar-refractivity contribution in [3.8, 4) is 11.5 Å². The van der Waals surface area contributed by atoms with Crippen LogP contribution in [0.3, 0.4) is 0 Å². The molecule has 0 bridgehead atoms. The molecule has 1 amide bonds. The molecule has 0 aliphatic carbocycles. The largest absolute Gasteiger partial charge is 0.507 e. The van der Waals surface area contributed by atoms with E-state index in [1.165, 1.54) is 25.4 Å². The lowest BCUT2D eigenvalue weighted by Crippen LogP contribution is -2.29. The Morgan fingerprint density at radius 3 is 2.34 bits per heavy atom. The molecular formula is C25H23NO6. The molecule has 2 heterocycles. The van der Waals surface area contributed by atoms with Crippen LogP contribution in [-0.2, 0) is 9.59 Å². The summed E-state index contributed by atoms with van der Waals surface area (Å²) in [4.78, 5) is 27.6. The Hall–Kier alpha value is -4.00. The Bertz CT molecular complexity index is 1230. The predicted octanol–water partition coefficient (Wildman–Crippen LogP) is 4.54. The van der Waals surface area contributed by atoms with Crippen molar-refractivity contribution >= 4 is 23.1 Å². The lowest BCUT2D eigenvalue weighted by Gasteiger charge is -2.24. The van der Waals surface area contributed by atoms with E-state index in [9.17, 15) is 14.7 Å². The van der Waals surface area contributed by atoms with Crippen molar-refractivity contribution in [2.45, 2.75) is 19.9 Å². The average molecular weight is 433 g/mol. The van der Waals surface area contributed by atoms with Crippen LogP contribution in [0.4, 0.5) is 5.69 Å². The number of aliphatic hydroxyl groups is 1. The minimum absolute atomic E-state index is 0.0389. The van der Waals surface area contributed by atoms with Crippen LogP contribution < -0.4 is 14.4 Å². The van der Waals surface area contributed by atoms with E-state index in [0.29, 0.717) is 28.5 Å². The quantitative estimate of drug-likeness (QED) is 0.361. The third-order valence-corrected chi connectivity index (χ3v) is 5.68.